The van der Waals surface area contributed by atoms with E-state index >= 15 is 0 Å². The van der Waals surface area contributed by atoms with Crippen molar-refractivity contribution in [3.8, 4) is 0 Å². The van der Waals surface area contributed by atoms with Gasteiger partial charge in [0, 0.05) is 11.4 Å². The number of aromatic amines is 1. The number of esters is 1. The Morgan fingerprint density at radius 2 is 1.69 bits per heavy atom. The highest BCUT2D eigenvalue weighted by Gasteiger charge is 2.36. The summed E-state index contributed by atoms with van der Waals surface area (Å²) in [6.45, 7) is 3.54. The molecule has 3 amide bonds. The van der Waals surface area contributed by atoms with Gasteiger partial charge in [0.05, 0.1) is 29.5 Å². The SMILES string of the molecule is CCc1[nH]c(C(=O)Nc2cccc(N3C(=O)c4ccccc4C3=O)c2)c(C)c1C(=O)OC. The number of carbonyl (C=O) groups is 4. The van der Waals surface area contributed by atoms with E-state index in [0.717, 1.165) is 4.90 Å². The van der Waals surface area contributed by atoms with E-state index in [9.17, 15) is 19.2 Å². The van der Waals surface area contributed by atoms with Crippen LogP contribution in [-0.4, -0.2) is 35.8 Å². The predicted molar refractivity (Wildman–Crippen MR) is 118 cm³/mol. The molecule has 0 radical (unpaired) electrons. The highest BCUT2D eigenvalue weighted by Crippen LogP contribution is 2.30. The van der Waals surface area contributed by atoms with Gasteiger partial charge >= 0.3 is 5.97 Å². The number of hydrogen-bond acceptors (Lipinski definition) is 5. The summed E-state index contributed by atoms with van der Waals surface area (Å²) in [4.78, 5) is 54.6. The van der Waals surface area contributed by atoms with Crippen molar-refractivity contribution in [3.05, 3.63) is 82.2 Å². The number of hydrogen-bond donors (Lipinski definition) is 2. The summed E-state index contributed by atoms with van der Waals surface area (Å²) >= 11 is 0. The molecule has 32 heavy (non-hydrogen) atoms. The lowest BCUT2D eigenvalue weighted by Crippen LogP contribution is -2.29. The zero-order valence-electron chi connectivity index (χ0n) is 17.8. The van der Waals surface area contributed by atoms with Crippen LogP contribution in [0, 0.1) is 6.92 Å². The summed E-state index contributed by atoms with van der Waals surface area (Å²) in [5.74, 6) is -1.79. The third-order valence-electron chi connectivity index (χ3n) is 5.45. The van der Waals surface area contributed by atoms with Gasteiger partial charge in [0.15, 0.2) is 0 Å². The zero-order chi connectivity index (χ0) is 23.0. The molecule has 2 aromatic carbocycles. The van der Waals surface area contributed by atoms with Gasteiger partial charge in [-0.15, -0.1) is 0 Å². The summed E-state index contributed by atoms with van der Waals surface area (Å²) in [7, 11) is 1.29. The van der Waals surface area contributed by atoms with Crippen LogP contribution >= 0.6 is 0 Å². The summed E-state index contributed by atoms with van der Waals surface area (Å²) in [6.07, 6.45) is 0.522. The van der Waals surface area contributed by atoms with Crippen molar-refractivity contribution < 1.29 is 23.9 Å². The monoisotopic (exact) mass is 431 g/mol. The first kappa shape index (κ1) is 21.0. The molecule has 0 aliphatic carbocycles. The largest absolute Gasteiger partial charge is 0.465 e. The molecule has 2 heterocycles. The maximum Gasteiger partial charge on any atom is 0.339 e. The number of ether oxygens (including phenoxy) is 1. The molecule has 162 valence electrons. The third-order valence-corrected chi connectivity index (χ3v) is 5.45. The van der Waals surface area contributed by atoms with Gasteiger partial charge in [0.2, 0.25) is 0 Å². The fourth-order valence-electron chi connectivity index (χ4n) is 3.87. The lowest BCUT2D eigenvalue weighted by atomic mass is 10.1. The standard InChI is InChI=1S/C24H21N3O5/c1-4-18-19(24(31)32-3)13(2)20(26-18)21(28)25-14-8-7-9-15(12-14)27-22(29)16-10-5-6-11-17(16)23(27)30/h5-12,26H,4H2,1-3H3,(H,25,28). The van der Waals surface area contributed by atoms with Gasteiger partial charge in [0.25, 0.3) is 17.7 Å². The van der Waals surface area contributed by atoms with Crippen LogP contribution in [0.15, 0.2) is 48.5 Å². The number of benzene rings is 2. The van der Waals surface area contributed by atoms with Crippen molar-refractivity contribution in [2.24, 2.45) is 0 Å². The molecule has 1 aliphatic rings. The summed E-state index contributed by atoms with van der Waals surface area (Å²) in [6, 6.07) is 13.1. The van der Waals surface area contributed by atoms with Crippen molar-refractivity contribution in [1.29, 1.82) is 0 Å². The Labute approximate surface area is 184 Å². The van der Waals surface area contributed by atoms with Crippen LogP contribution in [0.3, 0.4) is 0 Å². The molecule has 2 N–H and O–H groups in total. The first-order chi connectivity index (χ1) is 15.4. The number of aromatic nitrogens is 1. The molecule has 0 saturated heterocycles. The number of carbonyl (C=O) groups excluding carboxylic acids is 4. The molecular weight excluding hydrogens is 410 g/mol. The number of amides is 3. The lowest BCUT2D eigenvalue weighted by molar-refractivity contribution is 0.0598. The van der Waals surface area contributed by atoms with E-state index in [0.29, 0.717) is 45.7 Å². The van der Waals surface area contributed by atoms with Crippen molar-refractivity contribution in [2.45, 2.75) is 20.3 Å². The minimum absolute atomic E-state index is 0.244. The molecule has 0 bridgehead atoms. The number of H-pyrrole nitrogens is 1. The molecule has 8 nitrogen and oxygen atoms in total. The second kappa shape index (κ2) is 8.14. The Morgan fingerprint density at radius 3 is 2.28 bits per heavy atom. The van der Waals surface area contributed by atoms with Crippen molar-refractivity contribution in [1.82, 2.24) is 4.98 Å². The van der Waals surface area contributed by atoms with E-state index in [-0.39, 0.29) is 5.69 Å². The van der Waals surface area contributed by atoms with Gasteiger partial charge < -0.3 is 15.0 Å². The first-order valence-electron chi connectivity index (χ1n) is 10.1. The molecule has 4 rings (SSSR count). The molecule has 0 fully saturated rings. The predicted octanol–water partition coefficient (Wildman–Crippen LogP) is 3.73. The minimum atomic E-state index is -0.512. The molecule has 0 atom stereocenters. The number of methoxy groups -OCH3 is 1. The average molecular weight is 431 g/mol. The number of rotatable bonds is 5. The second-order valence-electron chi connectivity index (χ2n) is 7.32. The second-order valence-corrected chi connectivity index (χ2v) is 7.32. The first-order valence-corrected chi connectivity index (χ1v) is 10.1. The fraction of sp³-hybridized carbons (Fsp3) is 0.167. The maximum atomic E-state index is 12.9. The molecule has 8 heteroatoms. The molecule has 0 unspecified atom stereocenters. The number of nitrogens with zero attached hydrogens (tertiary/aromatic N) is 1. The zero-order valence-corrected chi connectivity index (χ0v) is 17.8. The van der Waals surface area contributed by atoms with E-state index in [2.05, 4.69) is 10.3 Å². The van der Waals surface area contributed by atoms with Gasteiger partial charge in [-0.25, -0.2) is 9.69 Å². The van der Waals surface area contributed by atoms with Gasteiger partial charge in [0.1, 0.15) is 5.69 Å². The normalized spacial score (nSPS) is 12.7. The van der Waals surface area contributed by atoms with E-state index < -0.39 is 23.7 Å². The van der Waals surface area contributed by atoms with Gasteiger partial charge in [-0.2, -0.15) is 0 Å². The third kappa shape index (κ3) is 3.35. The van der Waals surface area contributed by atoms with Crippen molar-refractivity contribution >= 4 is 35.1 Å². The number of fused-ring (bicyclic) bond motifs is 1. The van der Waals surface area contributed by atoms with Crippen LogP contribution in [0.5, 0.6) is 0 Å². The van der Waals surface area contributed by atoms with Crippen LogP contribution < -0.4 is 10.2 Å². The summed E-state index contributed by atoms with van der Waals surface area (Å²) in [5.41, 5.74) is 3.13. The summed E-state index contributed by atoms with van der Waals surface area (Å²) in [5, 5.41) is 2.76. The van der Waals surface area contributed by atoms with Gasteiger partial charge in [-0.05, 0) is 49.2 Å². The van der Waals surface area contributed by atoms with Crippen LogP contribution in [-0.2, 0) is 11.2 Å². The Kier molecular flexibility index (Phi) is 5.36. The number of imide groups is 1. The Morgan fingerprint density at radius 1 is 1.03 bits per heavy atom. The molecule has 1 aliphatic heterocycles. The number of anilines is 2. The average Bonchev–Trinajstić information content (AvgIpc) is 3.27. The maximum absolute atomic E-state index is 12.9. The van der Waals surface area contributed by atoms with E-state index in [1.165, 1.54) is 7.11 Å². The highest BCUT2D eigenvalue weighted by atomic mass is 16.5. The summed E-state index contributed by atoms with van der Waals surface area (Å²) < 4.78 is 4.83. The van der Waals surface area contributed by atoms with E-state index in [4.69, 9.17) is 4.74 Å². The van der Waals surface area contributed by atoms with E-state index in [1.54, 1.807) is 55.5 Å². The molecular formula is C24H21N3O5. The molecule has 3 aromatic rings. The topological polar surface area (TPSA) is 109 Å². The molecule has 0 spiro atoms. The lowest BCUT2D eigenvalue weighted by Gasteiger charge is -2.15. The van der Waals surface area contributed by atoms with Crippen LogP contribution in [0.25, 0.3) is 0 Å². The van der Waals surface area contributed by atoms with E-state index in [1.807, 2.05) is 6.92 Å². The number of nitrogens with one attached hydrogen (secondary N) is 2. The fourth-order valence-corrected chi connectivity index (χ4v) is 3.87. The van der Waals surface area contributed by atoms with Crippen LogP contribution in [0.1, 0.15) is 59.7 Å². The van der Waals surface area contributed by atoms with Gasteiger partial charge in [-0.3, -0.25) is 14.4 Å². The molecule has 1 aromatic heterocycles. The molecule has 0 saturated carbocycles. The van der Waals surface area contributed by atoms with Crippen molar-refractivity contribution in [2.75, 3.05) is 17.3 Å². The van der Waals surface area contributed by atoms with Crippen molar-refractivity contribution in [3.63, 3.8) is 0 Å². The van der Waals surface area contributed by atoms with Crippen LogP contribution in [0.4, 0.5) is 11.4 Å². The quantitative estimate of drug-likeness (QED) is 0.473. The highest BCUT2D eigenvalue weighted by molar-refractivity contribution is 6.34. The van der Waals surface area contributed by atoms with Crippen LogP contribution in [0.2, 0.25) is 0 Å². The smallest absolute Gasteiger partial charge is 0.339 e. The number of aryl methyl sites for hydroxylation is 1. The minimum Gasteiger partial charge on any atom is -0.465 e. The Bertz CT molecular complexity index is 1240. The van der Waals surface area contributed by atoms with Gasteiger partial charge in [-0.1, -0.05) is 25.1 Å². The Hall–Kier alpha value is -4.20. The Balaban J connectivity index is 1.62.